The Labute approximate surface area is 122 Å². The van der Waals surface area contributed by atoms with E-state index < -0.39 is 5.97 Å². The zero-order valence-corrected chi connectivity index (χ0v) is 11.6. The van der Waals surface area contributed by atoms with Crippen LogP contribution in [0.1, 0.15) is 33.2 Å². The maximum absolute atomic E-state index is 12.1. The third-order valence-corrected chi connectivity index (χ3v) is 3.17. The summed E-state index contributed by atoms with van der Waals surface area (Å²) in [6.45, 7) is 2.04. The van der Waals surface area contributed by atoms with E-state index in [1.54, 1.807) is 12.1 Å². The highest BCUT2D eigenvalue weighted by atomic mass is 16.4. The molecule has 5 heteroatoms. The first-order valence-electron chi connectivity index (χ1n) is 6.54. The minimum atomic E-state index is -1.06. The number of aryl methyl sites for hydroxylation is 1. The SMILES string of the molecule is CCc1ccc(C(=O)Nc2ccc(C(=O)O)cc2N)cc1. The van der Waals surface area contributed by atoms with Crippen molar-refractivity contribution in [3.05, 3.63) is 59.2 Å². The van der Waals surface area contributed by atoms with Gasteiger partial charge in [0.2, 0.25) is 0 Å². The van der Waals surface area contributed by atoms with Crippen molar-refractivity contribution in [2.24, 2.45) is 0 Å². The van der Waals surface area contributed by atoms with Crippen LogP contribution in [0.4, 0.5) is 11.4 Å². The molecule has 21 heavy (non-hydrogen) atoms. The molecule has 2 aromatic rings. The average Bonchev–Trinajstić information content (AvgIpc) is 2.49. The fourth-order valence-corrected chi connectivity index (χ4v) is 1.90. The quantitative estimate of drug-likeness (QED) is 0.753. The molecule has 0 aliphatic carbocycles. The number of carbonyl (C=O) groups is 2. The Hall–Kier alpha value is -2.82. The normalized spacial score (nSPS) is 10.1. The largest absolute Gasteiger partial charge is 0.478 e. The van der Waals surface area contributed by atoms with Crippen LogP contribution >= 0.6 is 0 Å². The van der Waals surface area contributed by atoms with Gasteiger partial charge in [0.05, 0.1) is 16.9 Å². The summed E-state index contributed by atoms with van der Waals surface area (Å²) >= 11 is 0. The second-order valence-corrected chi connectivity index (χ2v) is 4.61. The highest BCUT2D eigenvalue weighted by molar-refractivity contribution is 6.06. The number of aromatic carboxylic acids is 1. The molecular weight excluding hydrogens is 268 g/mol. The monoisotopic (exact) mass is 284 g/mol. The molecule has 0 spiro atoms. The summed E-state index contributed by atoms with van der Waals surface area (Å²) in [7, 11) is 0. The number of benzene rings is 2. The molecule has 0 aliphatic heterocycles. The van der Waals surface area contributed by atoms with Crippen molar-refractivity contribution < 1.29 is 14.7 Å². The van der Waals surface area contributed by atoms with Gasteiger partial charge >= 0.3 is 5.97 Å². The Balaban J connectivity index is 2.17. The van der Waals surface area contributed by atoms with Crippen molar-refractivity contribution in [1.29, 1.82) is 0 Å². The summed E-state index contributed by atoms with van der Waals surface area (Å²) in [6, 6.07) is 11.5. The van der Waals surface area contributed by atoms with Crippen LogP contribution in [0.2, 0.25) is 0 Å². The van der Waals surface area contributed by atoms with Crippen LogP contribution in [0, 0.1) is 0 Å². The van der Waals surface area contributed by atoms with Crippen LogP contribution < -0.4 is 11.1 Å². The van der Waals surface area contributed by atoms with Gasteiger partial charge in [0.25, 0.3) is 5.91 Å². The van der Waals surface area contributed by atoms with Gasteiger partial charge in [-0.3, -0.25) is 4.79 Å². The molecular formula is C16H16N2O3. The van der Waals surface area contributed by atoms with Gasteiger partial charge in [-0.05, 0) is 42.3 Å². The number of rotatable bonds is 4. The van der Waals surface area contributed by atoms with Gasteiger partial charge in [-0.15, -0.1) is 0 Å². The van der Waals surface area contributed by atoms with Crippen molar-refractivity contribution in [3.63, 3.8) is 0 Å². The maximum Gasteiger partial charge on any atom is 0.335 e. The molecule has 1 amide bonds. The van der Waals surface area contributed by atoms with E-state index in [4.69, 9.17) is 10.8 Å². The van der Waals surface area contributed by atoms with Crippen LogP contribution in [0.5, 0.6) is 0 Å². The first-order chi connectivity index (χ1) is 10.0. The minimum Gasteiger partial charge on any atom is -0.478 e. The summed E-state index contributed by atoms with van der Waals surface area (Å²) in [5.74, 6) is -1.35. The van der Waals surface area contributed by atoms with Crippen molar-refractivity contribution >= 4 is 23.3 Å². The predicted octanol–water partition coefficient (Wildman–Crippen LogP) is 2.78. The average molecular weight is 284 g/mol. The van der Waals surface area contributed by atoms with Crippen LogP contribution in [0.15, 0.2) is 42.5 Å². The summed E-state index contributed by atoms with van der Waals surface area (Å²) in [6.07, 6.45) is 0.908. The van der Waals surface area contributed by atoms with Gasteiger partial charge in [0, 0.05) is 5.56 Å². The molecule has 108 valence electrons. The van der Waals surface area contributed by atoms with Gasteiger partial charge in [-0.2, -0.15) is 0 Å². The number of nitrogen functional groups attached to an aromatic ring is 1. The molecule has 0 saturated heterocycles. The van der Waals surface area contributed by atoms with Gasteiger partial charge in [0.15, 0.2) is 0 Å². The number of carboxylic acid groups (broad SMARTS) is 1. The number of nitrogens with two attached hydrogens (primary N) is 1. The van der Waals surface area contributed by atoms with Crippen molar-refractivity contribution in [2.75, 3.05) is 11.1 Å². The van der Waals surface area contributed by atoms with E-state index in [0.29, 0.717) is 11.3 Å². The molecule has 0 saturated carbocycles. The van der Waals surface area contributed by atoms with Gasteiger partial charge < -0.3 is 16.2 Å². The molecule has 0 unspecified atom stereocenters. The molecule has 0 radical (unpaired) electrons. The number of hydrogen-bond donors (Lipinski definition) is 3. The Morgan fingerprint density at radius 3 is 2.24 bits per heavy atom. The molecule has 0 bridgehead atoms. The van der Waals surface area contributed by atoms with Crippen LogP contribution in [0.25, 0.3) is 0 Å². The summed E-state index contributed by atoms with van der Waals surface area (Å²) in [5.41, 5.74) is 8.12. The number of nitrogens with one attached hydrogen (secondary N) is 1. The number of hydrogen-bond acceptors (Lipinski definition) is 3. The van der Waals surface area contributed by atoms with Crippen molar-refractivity contribution in [1.82, 2.24) is 0 Å². The fraction of sp³-hybridized carbons (Fsp3) is 0.125. The van der Waals surface area contributed by atoms with E-state index >= 15 is 0 Å². The molecule has 4 N–H and O–H groups in total. The standard InChI is InChI=1S/C16H16N2O3/c1-2-10-3-5-11(6-4-10)15(19)18-14-8-7-12(16(20)21)9-13(14)17/h3-9H,2,17H2,1H3,(H,18,19)(H,20,21). The van der Waals surface area contributed by atoms with Crippen molar-refractivity contribution in [2.45, 2.75) is 13.3 Å². The van der Waals surface area contributed by atoms with E-state index in [2.05, 4.69) is 5.32 Å². The third-order valence-electron chi connectivity index (χ3n) is 3.17. The molecule has 5 nitrogen and oxygen atoms in total. The number of amides is 1. The lowest BCUT2D eigenvalue weighted by Crippen LogP contribution is -2.13. The summed E-state index contributed by atoms with van der Waals surface area (Å²) < 4.78 is 0. The fourth-order valence-electron chi connectivity index (χ4n) is 1.90. The summed E-state index contributed by atoms with van der Waals surface area (Å²) in [5, 5.41) is 11.5. The lowest BCUT2D eigenvalue weighted by atomic mass is 10.1. The van der Waals surface area contributed by atoms with E-state index in [-0.39, 0.29) is 17.2 Å². The minimum absolute atomic E-state index is 0.0813. The van der Waals surface area contributed by atoms with E-state index in [1.165, 1.54) is 18.2 Å². The second-order valence-electron chi connectivity index (χ2n) is 4.61. The highest BCUT2D eigenvalue weighted by Gasteiger charge is 2.10. The van der Waals surface area contributed by atoms with Gasteiger partial charge in [-0.25, -0.2) is 4.79 Å². The van der Waals surface area contributed by atoms with Crippen LogP contribution in [-0.2, 0) is 6.42 Å². The summed E-state index contributed by atoms with van der Waals surface area (Å²) in [4.78, 5) is 22.9. The third kappa shape index (κ3) is 3.39. The number of anilines is 2. The molecule has 2 rings (SSSR count). The Morgan fingerprint density at radius 1 is 1.10 bits per heavy atom. The lowest BCUT2D eigenvalue weighted by Gasteiger charge is -2.09. The zero-order chi connectivity index (χ0) is 15.4. The highest BCUT2D eigenvalue weighted by Crippen LogP contribution is 2.21. The first kappa shape index (κ1) is 14.6. The molecule has 0 atom stereocenters. The van der Waals surface area contributed by atoms with E-state index in [0.717, 1.165) is 12.0 Å². The van der Waals surface area contributed by atoms with Gasteiger partial charge in [-0.1, -0.05) is 19.1 Å². The van der Waals surface area contributed by atoms with E-state index in [9.17, 15) is 9.59 Å². The molecule has 0 aromatic heterocycles. The second kappa shape index (κ2) is 6.09. The molecule has 2 aromatic carbocycles. The predicted molar refractivity (Wildman–Crippen MR) is 81.6 cm³/mol. The van der Waals surface area contributed by atoms with E-state index in [1.807, 2.05) is 19.1 Å². The Bertz CT molecular complexity index is 678. The van der Waals surface area contributed by atoms with Crippen LogP contribution in [0.3, 0.4) is 0 Å². The molecule has 0 heterocycles. The lowest BCUT2D eigenvalue weighted by molar-refractivity contribution is 0.0697. The van der Waals surface area contributed by atoms with Crippen LogP contribution in [-0.4, -0.2) is 17.0 Å². The van der Waals surface area contributed by atoms with Crippen molar-refractivity contribution in [3.8, 4) is 0 Å². The maximum atomic E-state index is 12.1. The molecule has 0 aliphatic rings. The number of carboxylic acids is 1. The number of carbonyl (C=O) groups excluding carboxylic acids is 1. The Kier molecular flexibility index (Phi) is 4.23. The zero-order valence-electron chi connectivity index (χ0n) is 11.6. The topological polar surface area (TPSA) is 92.4 Å². The first-order valence-corrected chi connectivity index (χ1v) is 6.54. The van der Waals surface area contributed by atoms with Gasteiger partial charge in [0.1, 0.15) is 0 Å². The Morgan fingerprint density at radius 2 is 1.71 bits per heavy atom. The smallest absolute Gasteiger partial charge is 0.335 e. The molecule has 0 fully saturated rings.